The van der Waals surface area contributed by atoms with Crippen molar-refractivity contribution < 1.29 is 19.5 Å². The molecule has 0 aliphatic carbocycles. The molecule has 0 saturated carbocycles. The molecule has 1 heterocycles. The number of hydrogen-bond donors (Lipinski definition) is 3. The number of aromatic nitrogens is 2. The maximum Gasteiger partial charge on any atom is 0.326 e. The monoisotopic (exact) mass is 434 g/mol. The Morgan fingerprint density at radius 3 is 2.09 bits per heavy atom. The molecular weight excluding hydrogens is 412 g/mol. The number of nitrogens with two attached hydrogens (primary N) is 1. The second kappa shape index (κ2) is 9.69. The molecule has 32 heavy (non-hydrogen) atoms. The normalized spacial score (nSPS) is 11.5. The summed E-state index contributed by atoms with van der Waals surface area (Å²) in [6, 6.07) is 16.2. The number of aryl methyl sites for hydroxylation is 1. The van der Waals surface area contributed by atoms with Gasteiger partial charge in [-0.1, -0.05) is 60.7 Å². The lowest BCUT2D eigenvalue weighted by Crippen LogP contribution is -2.45. The van der Waals surface area contributed by atoms with Crippen molar-refractivity contribution >= 4 is 17.8 Å². The van der Waals surface area contributed by atoms with Crippen LogP contribution in [0.4, 0.5) is 0 Å². The number of carboxylic acids is 1. The summed E-state index contributed by atoms with van der Waals surface area (Å²) in [6.45, 7) is 1.90. The number of aliphatic carboxylic acids is 1. The molecule has 0 spiro atoms. The topological polar surface area (TPSA) is 144 Å². The van der Waals surface area contributed by atoms with Crippen molar-refractivity contribution in [3.63, 3.8) is 0 Å². The third kappa shape index (κ3) is 4.72. The van der Waals surface area contributed by atoms with Gasteiger partial charge in [-0.05, 0) is 12.5 Å². The average molecular weight is 434 g/mol. The molecule has 4 N–H and O–H groups in total. The molecule has 9 nitrogen and oxygen atoms in total. The molecule has 1 atom stereocenters. The minimum atomic E-state index is -1.58. The zero-order valence-electron chi connectivity index (χ0n) is 17.3. The SMILES string of the molecule is CCn1nc(-c2ccccc2)c(-c2ccccc2)c(C(=O)NC(CC(N)=O)C(=O)O)c1=O. The van der Waals surface area contributed by atoms with Gasteiger partial charge in [-0.3, -0.25) is 14.4 Å². The summed E-state index contributed by atoms with van der Waals surface area (Å²) in [6.07, 6.45) is -0.611. The van der Waals surface area contributed by atoms with Crippen LogP contribution in [0.25, 0.3) is 22.4 Å². The molecule has 2 amide bonds. The first-order valence-electron chi connectivity index (χ1n) is 9.91. The van der Waals surface area contributed by atoms with Crippen LogP contribution in [0, 0.1) is 0 Å². The fraction of sp³-hybridized carbons (Fsp3) is 0.174. The number of hydrogen-bond acceptors (Lipinski definition) is 5. The Bertz CT molecular complexity index is 1210. The lowest BCUT2D eigenvalue weighted by Gasteiger charge is -2.18. The number of nitrogens with one attached hydrogen (secondary N) is 1. The van der Waals surface area contributed by atoms with E-state index in [2.05, 4.69) is 10.4 Å². The first-order chi connectivity index (χ1) is 15.3. The van der Waals surface area contributed by atoms with E-state index in [1.165, 1.54) is 0 Å². The fourth-order valence-electron chi connectivity index (χ4n) is 3.31. The summed E-state index contributed by atoms with van der Waals surface area (Å²) in [4.78, 5) is 49.2. The van der Waals surface area contributed by atoms with Gasteiger partial charge in [0.1, 0.15) is 11.6 Å². The van der Waals surface area contributed by atoms with Crippen LogP contribution in [0.3, 0.4) is 0 Å². The third-order valence-electron chi connectivity index (χ3n) is 4.80. The van der Waals surface area contributed by atoms with Crippen molar-refractivity contribution in [2.45, 2.75) is 25.9 Å². The third-order valence-corrected chi connectivity index (χ3v) is 4.80. The molecule has 0 bridgehead atoms. The summed E-state index contributed by atoms with van der Waals surface area (Å²) < 4.78 is 1.15. The van der Waals surface area contributed by atoms with Crippen LogP contribution in [0.2, 0.25) is 0 Å². The second-order valence-corrected chi connectivity index (χ2v) is 6.99. The quantitative estimate of drug-likeness (QED) is 0.492. The number of nitrogens with zero attached hydrogens (tertiary/aromatic N) is 2. The summed E-state index contributed by atoms with van der Waals surface area (Å²) in [7, 11) is 0. The van der Waals surface area contributed by atoms with E-state index in [0.717, 1.165) is 4.68 Å². The lowest BCUT2D eigenvalue weighted by atomic mass is 9.95. The summed E-state index contributed by atoms with van der Waals surface area (Å²) in [5, 5.41) is 16.1. The van der Waals surface area contributed by atoms with Gasteiger partial charge in [-0.2, -0.15) is 5.10 Å². The van der Waals surface area contributed by atoms with E-state index in [1.54, 1.807) is 61.5 Å². The Morgan fingerprint density at radius 1 is 1.03 bits per heavy atom. The smallest absolute Gasteiger partial charge is 0.326 e. The lowest BCUT2D eigenvalue weighted by molar-refractivity contribution is -0.140. The Kier molecular flexibility index (Phi) is 6.79. The largest absolute Gasteiger partial charge is 0.480 e. The van der Waals surface area contributed by atoms with E-state index in [9.17, 15) is 24.3 Å². The first kappa shape index (κ1) is 22.4. The standard InChI is InChI=1S/C23H22N4O5/c1-2-27-22(30)19(21(29)25-16(23(31)32)13-17(24)28)18(14-9-5-3-6-10-14)20(26-27)15-11-7-4-8-12-15/h3-12,16H,2,13H2,1H3,(H2,24,28)(H,25,29)(H,31,32). The van der Waals surface area contributed by atoms with Gasteiger partial charge in [-0.15, -0.1) is 0 Å². The van der Waals surface area contributed by atoms with E-state index in [1.807, 2.05) is 6.07 Å². The summed E-state index contributed by atoms with van der Waals surface area (Å²) in [5.74, 6) is -3.26. The van der Waals surface area contributed by atoms with E-state index < -0.39 is 35.8 Å². The Morgan fingerprint density at radius 2 is 1.59 bits per heavy atom. The maximum atomic E-state index is 13.2. The van der Waals surface area contributed by atoms with Crippen LogP contribution in [0.1, 0.15) is 23.7 Å². The zero-order chi connectivity index (χ0) is 23.3. The summed E-state index contributed by atoms with van der Waals surface area (Å²) >= 11 is 0. The minimum absolute atomic E-state index is 0.192. The summed E-state index contributed by atoms with van der Waals surface area (Å²) in [5.41, 5.74) is 6.08. The molecule has 9 heteroatoms. The number of carboxylic acid groups (broad SMARTS) is 1. The van der Waals surface area contributed by atoms with E-state index in [0.29, 0.717) is 16.8 Å². The van der Waals surface area contributed by atoms with Crippen molar-refractivity contribution in [2.24, 2.45) is 5.73 Å². The molecule has 2 aromatic carbocycles. The van der Waals surface area contributed by atoms with E-state index in [-0.39, 0.29) is 17.7 Å². The van der Waals surface area contributed by atoms with Gasteiger partial charge in [-0.25, -0.2) is 9.48 Å². The van der Waals surface area contributed by atoms with Gasteiger partial charge in [0.15, 0.2) is 0 Å². The molecule has 0 fully saturated rings. The second-order valence-electron chi connectivity index (χ2n) is 6.99. The molecule has 0 aliphatic rings. The van der Waals surface area contributed by atoms with Gasteiger partial charge < -0.3 is 16.2 Å². The highest BCUT2D eigenvalue weighted by molar-refractivity contribution is 6.05. The van der Waals surface area contributed by atoms with Gasteiger partial charge in [0.05, 0.1) is 12.1 Å². The van der Waals surface area contributed by atoms with Crippen LogP contribution < -0.4 is 16.6 Å². The predicted octanol–water partition coefficient (Wildman–Crippen LogP) is 1.66. The van der Waals surface area contributed by atoms with Crippen molar-refractivity contribution in [1.29, 1.82) is 0 Å². The Labute approximate surface area is 183 Å². The maximum absolute atomic E-state index is 13.2. The van der Waals surface area contributed by atoms with Crippen LogP contribution >= 0.6 is 0 Å². The molecule has 0 aliphatic heterocycles. The van der Waals surface area contributed by atoms with E-state index in [4.69, 9.17) is 5.73 Å². The average Bonchev–Trinajstić information content (AvgIpc) is 2.79. The molecule has 0 radical (unpaired) electrons. The number of rotatable bonds is 8. The van der Waals surface area contributed by atoms with Gasteiger partial charge in [0, 0.05) is 17.7 Å². The van der Waals surface area contributed by atoms with Crippen LogP contribution in [-0.2, 0) is 16.1 Å². The predicted molar refractivity (Wildman–Crippen MR) is 118 cm³/mol. The molecule has 1 aromatic heterocycles. The van der Waals surface area contributed by atoms with Crippen LogP contribution in [-0.4, -0.2) is 38.7 Å². The molecule has 1 unspecified atom stereocenters. The molecule has 0 saturated heterocycles. The van der Waals surface area contributed by atoms with Crippen LogP contribution in [0.5, 0.6) is 0 Å². The highest BCUT2D eigenvalue weighted by Crippen LogP contribution is 2.32. The van der Waals surface area contributed by atoms with Gasteiger partial charge in [0.25, 0.3) is 11.5 Å². The Hall–Kier alpha value is -4.27. The minimum Gasteiger partial charge on any atom is -0.480 e. The number of benzene rings is 2. The fourth-order valence-corrected chi connectivity index (χ4v) is 3.31. The van der Waals surface area contributed by atoms with Gasteiger partial charge in [0.2, 0.25) is 5.91 Å². The number of carbonyl (C=O) groups is 3. The molecule has 3 rings (SSSR count). The van der Waals surface area contributed by atoms with Crippen LogP contribution in [0.15, 0.2) is 65.5 Å². The number of amides is 2. The first-order valence-corrected chi connectivity index (χ1v) is 9.91. The van der Waals surface area contributed by atoms with Crippen molar-refractivity contribution in [2.75, 3.05) is 0 Å². The number of carbonyl (C=O) groups excluding carboxylic acids is 2. The Balaban J connectivity index is 2.28. The van der Waals surface area contributed by atoms with Crippen molar-refractivity contribution in [3.8, 4) is 22.4 Å². The highest BCUT2D eigenvalue weighted by Gasteiger charge is 2.29. The number of primary amides is 1. The van der Waals surface area contributed by atoms with E-state index >= 15 is 0 Å². The van der Waals surface area contributed by atoms with Crippen molar-refractivity contribution in [3.05, 3.63) is 76.6 Å². The molecule has 3 aromatic rings. The molecular formula is C23H22N4O5. The highest BCUT2D eigenvalue weighted by atomic mass is 16.4. The molecule has 164 valence electrons. The van der Waals surface area contributed by atoms with Gasteiger partial charge >= 0.3 is 5.97 Å². The zero-order valence-corrected chi connectivity index (χ0v) is 17.3. The van der Waals surface area contributed by atoms with Crippen molar-refractivity contribution in [1.82, 2.24) is 15.1 Å².